The van der Waals surface area contributed by atoms with Crippen LogP contribution in [0.25, 0.3) is 11.1 Å². The first-order valence-electron chi connectivity index (χ1n) is 10.2. The van der Waals surface area contributed by atoms with Gasteiger partial charge in [-0.3, -0.25) is 4.79 Å². The van der Waals surface area contributed by atoms with Crippen LogP contribution in [0.5, 0.6) is 0 Å². The lowest BCUT2D eigenvalue weighted by molar-refractivity contribution is -0.143. The van der Waals surface area contributed by atoms with Gasteiger partial charge in [0.2, 0.25) is 5.91 Å². The fourth-order valence-corrected chi connectivity index (χ4v) is 3.80. The number of nitrogens with one attached hydrogen (secondary N) is 2. The lowest BCUT2D eigenvalue weighted by atomic mass is 9.98. The highest BCUT2D eigenvalue weighted by Gasteiger charge is 2.30. The second-order valence-electron chi connectivity index (χ2n) is 7.87. The molecule has 170 valence electrons. The van der Waals surface area contributed by atoms with Gasteiger partial charge in [0.15, 0.2) is 0 Å². The molecule has 9 heteroatoms. The Balaban J connectivity index is 1.67. The Kier molecular flexibility index (Phi) is 7.45. The minimum atomic E-state index is -1.46. The summed E-state index contributed by atoms with van der Waals surface area (Å²) in [6.45, 7) is -0.556. The number of alkyl carbamates (subject to hydrolysis) is 1. The third-order valence-electron chi connectivity index (χ3n) is 5.30. The Hall–Kier alpha value is -3.43. The van der Waals surface area contributed by atoms with Gasteiger partial charge in [0.25, 0.3) is 0 Å². The zero-order valence-electron chi connectivity index (χ0n) is 17.9. The zero-order valence-corrected chi connectivity index (χ0v) is 17.9. The van der Waals surface area contributed by atoms with Gasteiger partial charge >= 0.3 is 12.1 Å². The topological polar surface area (TPSA) is 128 Å². The molecule has 0 aromatic heterocycles. The Morgan fingerprint density at radius 1 is 0.969 bits per heavy atom. The number of carbonyl (C=O) groups is 3. The van der Waals surface area contributed by atoms with Crippen LogP contribution in [0.15, 0.2) is 48.5 Å². The second kappa shape index (κ2) is 10.3. The molecule has 3 rings (SSSR count). The number of nitrogens with zero attached hydrogens (tertiary/aromatic N) is 1. The largest absolute Gasteiger partial charge is 0.480 e. The summed E-state index contributed by atoms with van der Waals surface area (Å²) in [7, 11) is 3.42. The molecule has 0 spiro atoms. The average Bonchev–Trinajstić information content (AvgIpc) is 3.08. The van der Waals surface area contributed by atoms with Gasteiger partial charge in [-0.2, -0.15) is 0 Å². The number of hydrogen-bond donors (Lipinski definition) is 4. The summed E-state index contributed by atoms with van der Waals surface area (Å²) in [6, 6.07) is 13.4. The number of aliphatic carboxylic acids is 1. The molecule has 0 fully saturated rings. The van der Waals surface area contributed by atoms with Crippen molar-refractivity contribution in [1.29, 1.82) is 0 Å². The number of carboxylic acid groups (broad SMARTS) is 1. The summed E-state index contributed by atoms with van der Waals surface area (Å²) in [5, 5.41) is 22.9. The predicted octanol–water partition coefficient (Wildman–Crippen LogP) is 1.02. The Bertz CT molecular complexity index is 948. The quantitative estimate of drug-likeness (QED) is 0.457. The van der Waals surface area contributed by atoms with E-state index >= 15 is 0 Å². The number of fused-ring (bicyclic) bond motifs is 3. The van der Waals surface area contributed by atoms with E-state index in [0.717, 1.165) is 22.3 Å². The molecule has 4 N–H and O–H groups in total. The summed E-state index contributed by atoms with van der Waals surface area (Å²) in [4.78, 5) is 37.8. The van der Waals surface area contributed by atoms with Gasteiger partial charge in [0.05, 0.1) is 6.61 Å². The van der Waals surface area contributed by atoms with Crippen molar-refractivity contribution in [1.82, 2.24) is 15.5 Å². The van der Waals surface area contributed by atoms with Crippen LogP contribution in [-0.4, -0.2) is 79.0 Å². The maximum Gasteiger partial charge on any atom is 0.407 e. The Labute approximate surface area is 186 Å². The molecular formula is C23H27N3O6. The number of carbonyl (C=O) groups excluding carboxylic acids is 2. The highest BCUT2D eigenvalue weighted by atomic mass is 16.5. The summed E-state index contributed by atoms with van der Waals surface area (Å²) >= 11 is 0. The van der Waals surface area contributed by atoms with Crippen molar-refractivity contribution >= 4 is 18.0 Å². The van der Waals surface area contributed by atoms with E-state index < -0.39 is 36.7 Å². The van der Waals surface area contributed by atoms with Crippen LogP contribution in [0.3, 0.4) is 0 Å². The van der Waals surface area contributed by atoms with Crippen molar-refractivity contribution in [2.75, 3.05) is 33.9 Å². The van der Waals surface area contributed by atoms with E-state index in [2.05, 4.69) is 10.6 Å². The van der Waals surface area contributed by atoms with Crippen molar-refractivity contribution < 1.29 is 29.3 Å². The van der Waals surface area contributed by atoms with Crippen LogP contribution in [0.4, 0.5) is 4.79 Å². The molecule has 2 atom stereocenters. The molecule has 0 bridgehead atoms. The van der Waals surface area contributed by atoms with E-state index in [-0.39, 0.29) is 19.1 Å². The lowest BCUT2D eigenvalue weighted by Crippen LogP contribution is -2.55. The fourth-order valence-electron chi connectivity index (χ4n) is 3.80. The summed E-state index contributed by atoms with van der Waals surface area (Å²) in [5.74, 6) is -2.22. The molecule has 0 aliphatic heterocycles. The minimum Gasteiger partial charge on any atom is -0.480 e. The van der Waals surface area contributed by atoms with Crippen molar-refractivity contribution in [2.45, 2.75) is 18.0 Å². The summed E-state index contributed by atoms with van der Waals surface area (Å²) < 4.78 is 5.47. The minimum absolute atomic E-state index is 0.0879. The first-order valence-corrected chi connectivity index (χ1v) is 10.2. The average molecular weight is 441 g/mol. The molecule has 0 saturated carbocycles. The van der Waals surface area contributed by atoms with Crippen LogP contribution < -0.4 is 10.6 Å². The molecule has 9 nitrogen and oxygen atoms in total. The number of likely N-dealkylation sites (N-methyl/N-ethyl adjacent to an activating group) is 1. The molecule has 1 aliphatic carbocycles. The third-order valence-corrected chi connectivity index (χ3v) is 5.30. The number of ether oxygens (including phenoxy) is 1. The van der Waals surface area contributed by atoms with E-state index in [0.29, 0.717) is 0 Å². The molecule has 0 heterocycles. The first kappa shape index (κ1) is 23.2. The van der Waals surface area contributed by atoms with Gasteiger partial charge in [-0.05, 0) is 36.3 Å². The molecule has 0 radical (unpaired) electrons. The number of carboxylic acids is 1. The lowest BCUT2D eigenvalue weighted by Gasteiger charge is -2.23. The van der Waals surface area contributed by atoms with Gasteiger partial charge in [-0.1, -0.05) is 48.5 Å². The molecular weight excluding hydrogens is 414 g/mol. The summed E-state index contributed by atoms with van der Waals surface area (Å²) in [5.41, 5.74) is 4.34. The first-order chi connectivity index (χ1) is 15.3. The zero-order chi connectivity index (χ0) is 23.3. The third kappa shape index (κ3) is 5.24. The van der Waals surface area contributed by atoms with Crippen LogP contribution in [0.2, 0.25) is 0 Å². The van der Waals surface area contributed by atoms with Crippen LogP contribution in [0, 0.1) is 0 Å². The monoisotopic (exact) mass is 441 g/mol. The Morgan fingerprint density at radius 2 is 1.53 bits per heavy atom. The number of hydrogen-bond acceptors (Lipinski definition) is 6. The molecule has 2 aromatic rings. The van der Waals surface area contributed by atoms with Gasteiger partial charge in [-0.15, -0.1) is 0 Å². The number of amides is 2. The Morgan fingerprint density at radius 3 is 2.03 bits per heavy atom. The molecule has 2 aromatic carbocycles. The number of benzene rings is 2. The van der Waals surface area contributed by atoms with Crippen LogP contribution >= 0.6 is 0 Å². The second-order valence-corrected chi connectivity index (χ2v) is 7.87. The molecule has 1 aliphatic rings. The van der Waals surface area contributed by atoms with Gasteiger partial charge in [-0.25, -0.2) is 9.59 Å². The molecule has 2 amide bonds. The van der Waals surface area contributed by atoms with Crippen molar-refractivity contribution in [3.05, 3.63) is 59.7 Å². The highest BCUT2D eigenvalue weighted by molar-refractivity contribution is 5.89. The van der Waals surface area contributed by atoms with E-state index in [1.807, 2.05) is 48.5 Å². The van der Waals surface area contributed by atoms with Gasteiger partial charge in [0.1, 0.15) is 18.7 Å². The van der Waals surface area contributed by atoms with Crippen molar-refractivity contribution in [3.63, 3.8) is 0 Å². The van der Waals surface area contributed by atoms with Crippen LogP contribution in [0.1, 0.15) is 17.0 Å². The molecule has 0 unspecified atom stereocenters. The van der Waals surface area contributed by atoms with Gasteiger partial charge in [0, 0.05) is 12.5 Å². The predicted molar refractivity (Wildman–Crippen MR) is 117 cm³/mol. The number of rotatable bonds is 9. The van der Waals surface area contributed by atoms with E-state index in [1.54, 1.807) is 19.0 Å². The number of aliphatic hydroxyl groups is 1. The standard InChI is InChI=1S/C23H27N3O6/c1-26(2)11-19(21(28)24-20(12-27)22(29)30)25-23(31)32-13-18-16-9-5-3-7-14(16)15-8-4-6-10-17(15)18/h3-10,18-20,27H,11-13H2,1-2H3,(H,24,28)(H,25,31)(H,29,30)/t19-,20+/m0/s1. The van der Waals surface area contributed by atoms with Crippen LogP contribution in [-0.2, 0) is 14.3 Å². The van der Waals surface area contributed by atoms with Crippen molar-refractivity contribution in [2.24, 2.45) is 0 Å². The smallest absolute Gasteiger partial charge is 0.407 e. The normalized spacial score (nSPS) is 14.2. The van der Waals surface area contributed by atoms with Gasteiger partial charge < -0.3 is 30.5 Å². The van der Waals surface area contributed by atoms with Crippen molar-refractivity contribution in [3.8, 4) is 11.1 Å². The maximum absolute atomic E-state index is 12.5. The highest BCUT2D eigenvalue weighted by Crippen LogP contribution is 2.44. The SMILES string of the molecule is CN(C)C[C@H](NC(=O)OCC1c2ccccc2-c2ccccc21)C(=O)N[C@H](CO)C(=O)O. The summed E-state index contributed by atoms with van der Waals surface area (Å²) in [6.07, 6.45) is -0.787. The van der Waals surface area contributed by atoms with E-state index in [9.17, 15) is 14.4 Å². The number of aliphatic hydroxyl groups excluding tert-OH is 1. The molecule has 32 heavy (non-hydrogen) atoms. The molecule has 0 saturated heterocycles. The maximum atomic E-state index is 12.5. The fraction of sp³-hybridized carbons (Fsp3) is 0.348. The van der Waals surface area contributed by atoms with E-state index in [4.69, 9.17) is 14.9 Å². The van der Waals surface area contributed by atoms with E-state index in [1.165, 1.54) is 0 Å².